The van der Waals surface area contributed by atoms with Gasteiger partial charge in [0.25, 0.3) is 5.69 Å². The number of carbonyl (C=O) groups excluding carboxylic acids is 1. The highest BCUT2D eigenvalue weighted by molar-refractivity contribution is 7.80. The normalized spacial score (nSPS) is 10.3. The van der Waals surface area contributed by atoms with Crippen LogP contribution in [0.15, 0.2) is 54.6 Å². The lowest BCUT2D eigenvalue weighted by Crippen LogP contribution is -2.20. The van der Waals surface area contributed by atoms with Crippen molar-refractivity contribution in [2.75, 3.05) is 17.7 Å². The number of halogens is 1. The van der Waals surface area contributed by atoms with Crippen molar-refractivity contribution >= 4 is 51.0 Å². The molecule has 10 heteroatoms. The fourth-order valence-electron chi connectivity index (χ4n) is 2.47. The third-order valence-electron chi connectivity index (χ3n) is 3.83. The summed E-state index contributed by atoms with van der Waals surface area (Å²) < 4.78 is 18.8. The third kappa shape index (κ3) is 4.73. The van der Waals surface area contributed by atoms with Crippen LogP contribution < -0.4 is 10.6 Å². The van der Waals surface area contributed by atoms with Crippen LogP contribution in [0.3, 0.4) is 0 Å². The molecule has 7 nitrogen and oxygen atoms in total. The number of hydrogen-bond acceptors (Lipinski definition) is 6. The first kappa shape index (κ1) is 20.4. The topological polar surface area (TPSA) is 93.5 Å². The minimum absolute atomic E-state index is 0.0315. The van der Waals surface area contributed by atoms with Crippen molar-refractivity contribution in [3.8, 4) is 10.4 Å². The maximum absolute atomic E-state index is 14.0. The van der Waals surface area contributed by atoms with Crippen LogP contribution >= 0.6 is 23.6 Å². The van der Waals surface area contributed by atoms with Crippen LogP contribution in [0.1, 0.15) is 10.4 Å². The number of nitrogens with zero attached hydrogens (tertiary/aromatic N) is 1. The van der Waals surface area contributed by atoms with E-state index in [2.05, 4.69) is 10.6 Å². The van der Waals surface area contributed by atoms with E-state index in [1.165, 1.54) is 18.4 Å². The van der Waals surface area contributed by atoms with Gasteiger partial charge in [0.2, 0.25) is 0 Å². The van der Waals surface area contributed by atoms with Gasteiger partial charge in [-0.2, -0.15) is 0 Å². The molecule has 1 heterocycles. The Morgan fingerprint density at radius 1 is 1.17 bits per heavy atom. The number of nitrogens with one attached hydrogen (secondary N) is 2. The van der Waals surface area contributed by atoms with Crippen LogP contribution in [0.2, 0.25) is 0 Å². The van der Waals surface area contributed by atoms with E-state index in [4.69, 9.17) is 17.0 Å². The summed E-state index contributed by atoms with van der Waals surface area (Å²) in [5, 5.41) is 16.7. The number of benzene rings is 2. The number of nitro benzene ring substituents is 1. The number of non-ortho nitro benzene ring substituents is 1. The highest BCUT2D eigenvalue weighted by Crippen LogP contribution is 2.36. The minimum Gasteiger partial charge on any atom is -0.465 e. The van der Waals surface area contributed by atoms with Crippen LogP contribution in [-0.4, -0.2) is 23.1 Å². The average Bonchev–Trinajstić information content (AvgIpc) is 3.13. The Hall–Kier alpha value is -3.37. The number of anilines is 2. The van der Waals surface area contributed by atoms with Gasteiger partial charge < -0.3 is 15.4 Å². The van der Waals surface area contributed by atoms with E-state index in [0.717, 1.165) is 28.6 Å². The first-order valence-electron chi connectivity index (χ1n) is 8.18. The summed E-state index contributed by atoms with van der Waals surface area (Å²) in [6, 6.07) is 14.1. The monoisotopic (exact) mass is 431 g/mol. The van der Waals surface area contributed by atoms with E-state index < -0.39 is 16.7 Å². The minimum atomic E-state index is -0.705. The van der Waals surface area contributed by atoms with E-state index in [1.807, 2.05) is 30.3 Å². The Morgan fingerprint density at radius 3 is 2.55 bits per heavy atom. The van der Waals surface area contributed by atoms with Crippen molar-refractivity contribution in [3.05, 3.63) is 76.1 Å². The van der Waals surface area contributed by atoms with Crippen molar-refractivity contribution in [1.82, 2.24) is 0 Å². The van der Waals surface area contributed by atoms with Crippen molar-refractivity contribution in [2.24, 2.45) is 0 Å². The van der Waals surface area contributed by atoms with Crippen molar-refractivity contribution < 1.29 is 18.8 Å². The van der Waals surface area contributed by atoms with Crippen LogP contribution in [0.25, 0.3) is 10.4 Å². The first-order valence-corrected chi connectivity index (χ1v) is 9.41. The Kier molecular flexibility index (Phi) is 6.15. The Morgan fingerprint density at radius 2 is 1.90 bits per heavy atom. The average molecular weight is 431 g/mol. The molecule has 2 aromatic carbocycles. The smallest absolute Gasteiger partial charge is 0.340 e. The Labute approximate surface area is 174 Å². The molecule has 0 amide bonds. The van der Waals surface area contributed by atoms with Gasteiger partial charge in [0.1, 0.15) is 10.8 Å². The number of esters is 1. The lowest BCUT2D eigenvalue weighted by molar-refractivity contribution is -0.384. The zero-order chi connectivity index (χ0) is 21.0. The lowest BCUT2D eigenvalue weighted by atomic mass is 10.1. The zero-order valence-electron chi connectivity index (χ0n) is 15.0. The van der Waals surface area contributed by atoms with E-state index in [1.54, 1.807) is 6.07 Å². The molecular formula is C19H14FN3O4S2. The van der Waals surface area contributed by atoms with Crippen molar-refractivity contribution in [1.29, 1.82) is 0 Å². The quantitative estimate of drug-likeness (QED) is 0.252. The Balaban J connectivity index is 1.86. The van der Waals surface area contributed by atoms with Gasteiger partial charge >= 0.3 is 5.97 Å². The van der Waals surface area contributed by atoms with Gasteiger partial charge in [-0.3, -0.25) is 10.1 Å². The SMILES string of the molecule is COC(=O)c1cc(-c2ccccc2)sc1NC(=S)Nc1cc([N+](=O)[O-])ccc1F. The molecule has 0 atom stereocenters. The van der Waals surface area contributed by atoms with Crippen LogP contribution in [0.4, 0.5) is 20.8 Å². The maximum Gasteiger partial charge on any atom is 0.340 e. The first-order chi connectivity index (χ1) is 13.9. The van der Waals surface area contributed by atoms with Gasteiger partial charge in [-0.05, 0) is 29.9 Å². The molecule has 0 radical (unpaired) electrons. The summed E-state index contributed by atoms with van der Waals surface area (Å²) in [7, 11) is 1.26. The van der Waals surface area contributed by atoms with Gasteiger partial charge in [-0.15, -0.1) is 11.3 Å². The van der Waals surface area contributed by atoms with E-state index in [9.17, 15) is 19.3 Å². The van der Waals surface area contributed by atoms with Crippen LogP contribution in [0, 0.1) is 15.9 Å². The molecule has 0 spiro atoms. The van der Waals surface area contributed by atoms with E-state index in [0.29, 0.717) is 5.00 Å². The predicted molar refractivity (Wildman–Crippen MR) is 114 cm³/mol. The van der Waals surface area contributed by atoms with Crippen molar-refractivity contribution in [2.45, 2.75) is 0 Å². The number of thiocarbonyl (C=S) groups is 1. The molecule has 148 valence electrons. The number of thiophene rings is 1. The summed E-state index contributed by atoms with van der Waals surface area (Å²) in [4.78, 5) is 23.2. The van der Waals surface area contributed by atoms with Crippen LogP contribution in [-0.2, 0) is 4.74 Å². The molecule has 0 unspecified atom stereocenters. The highest BCUT2D eigenvalue weighted by atomic mass is 32.1. The number of carbonyl (C=O) groups is 1. The second-order valence-corrected chi connectivity index (χ2v) is 7.17. The molecule has 0 bridgehead atoms. The molecule has 0 fully saturated rings. The van der Waals surface area contributed by atoms with E-state index >= 15 is 0 Å². The number of ether oxygens (including phenoxy) is 1. The third-order valence-corrected chi connectivity index (χ3v) is 5.14. The number of methoxy groups -OCH3 is 1. The van der Waals surface area contributed by atoms with Crippen molar-refractivity contribution in [3.63, 3.8) is 0 Å². The maximum atomic E-state index is 14.0. The largest absolute Gasteiger partial charge is 0.465 e. The molecule has 3 rings (SSSR count). The van der Waals surface area contributed by atoms with E-state index in [-0.39, 0.29) is 22.1 Å². The number of nitro groups is 1. The lowest BCUT2D eigenvalue weighted by Gasteiger charge is -2.11. The fraction of sp³-hybridized carbons (Fsp3) is 0.0526. The fourth-order valence-corrected chi connectivity index (χ4v) is 3.80. The predicted octanol–water partition coefficient (Wildman–Crippen LogP) is 5.06. The number of hydrogen-bond donors (Lipinski definition) is 2. The molecule has 0 aliphatic carbocycles. The van der Waals surface area contributed by atoms with Crippen LogP contribution in [0.5, 0.6) is 0 Å². The summed E-state index contributed by atoms with van der Waals surface area (Å²) in [6.45, 7) is 0. The molecule has 0 aliphatic heterocycles. The Bertz CT molecular complexity index is 1090. The van der Waals surface area contributed by atoms with Gasteiger partial charge in [0.05, 0.1) is 23.3 Å². The molecule has 0 saturated heterocycles. The zero-order valence-corrected chi connectivity index (χ0v) is 16.6. The van der Waals surface area contributed by atoms with Gasteiger partial charge in [0, 0.05) is 17.0 Å². The van der Waals surface area contributed by atoms with Gasteiger partial charge in [0.15, 0.2) is 5.11 Å². The molecule has 0 saturated carbocycles. The van der Waals surface area contributed by atoms with Gasteiger partial charge in [-0.25, -0.2) is 9.18 Å². The highest BCUT2D eigenvalue weighted by Gasteiger charge is 2.19. The molecule has 1 aromatic heterocycles. The second kappa shape index (κ2) is 8.76. The summed E-state index contributed by atoms with van der Waals surface area (Å²) >= 11 is 6.46. The summed E-state index contributed by atoms with van der Waals surface area (Å²) in [6.07, 6.45) is 0. The molecule has 3 aromatic rings. The molecule has 2 N–H and O–H groups in total. The molecule has 0 aliphatic rings. The number of rotatable bonds is 5. The summed E-state index contributed by atoms with van der Waals surface area (Å²) in [5.41, 5.74) is 0.727. The standard InChI is InChI=1S/C19H14FN3O4S2/c1-27-18(24)13-10-16(11-5-3-2-4-6-11)29-17(13)22-19(28)21-15-9-12(23(25)26)7-8-14(15)20/h2-10H,1H3,(H2,21,22,28). The second-order valence-electron chi connectivity index (χ2n) is 5.71. The van der Waals surface area contributed by atoms with Gasteiger partial charge in [-0.1, -0.05) is 30.3 Å². The molecule has 29 heavy (non-hydrogen) atoms. The summed E-state index contributed by atoms with van der Waals surface area (Å²) in [5.74, 6) is -1.26. The molecular weight excluding hydrogens is 417 g/mol.